The van der Waals surface area contributed by atoms with E-state index in [1.807, 2.05) is 19.9 Å². The standard InChI is InChI=1S/C22H34ClN5O2/c1-14-3-4-16(7-18(14)23)19-25-9-17(10-26-21(29)22(2)12-30-13-22)20(27-19)28-6-5-15(8-24)11-28/h3-4,7,15,17,19-20,25,27H,5-6,8-13,24H2,1-2H3,(H,26,29). The first kappa shape index (κ1) is 22.0. The van der Waals surface area contributed by atoms with Crippen LogP contribution in [0.2, 0.25) is 5.02 Å². The van der Waals surface area contributed by atoms with Gasteiger partial charge in [-0.25, -0.2) is 0 Å². The summed E-state index contributed by atoms with van der Waals surface area (Å²) in [6.07, 6.45) is 1.31. The molecule has 1 aromatic carbocycles. The molecule has 1 amide bonds. The quantitative estimate of drug-likeness (QED) is 0.537. The van der Waals surface area contributed by atoms with Crippen LogP contribution in [0.15, 0.2) is 18.2 Å². The molecule has 3 fully saturated rings. The van der Waals surface area contributed by atoms with Crippen LogP contribution in [-0.4, -0.2) is 62.9 Å². The summed E-state index contributed by atoms with van der Waals surface area (Å²) in [6.45, 7) is 9.16. The highest BCUT2D eigenvalue weighted by Crippen LogP contribution is 2.29. The van der Waals surface area contributed by atoms with Gasteiger partial charge in [-0.15, -0.1) is 0 Å². The third kappa shape index (κ3) is 4.52. The van der Waals surface area contributed by atoms with Gasteiger partial charge in [0.1, 0.15) is 0 Å². The van der Waals surface area contributed by atoms with Gasteiger partial charge >= 0.3 is 0 Å². The maximum Gasteiger partial charge on any atom is 0.230 e. The average molecular weight is 436 g/mol. The normalized spacial score (nSPS) is 31.3. The number of ether oxygens (including phenoxy) is 1. The molecule has 0 bridgehead atoms. The summed E-state index contributed by atoms with van der Waals surface area (Å²) < 4.78 is 5.24. The van der Waals surface area contributed by atoms with Crippen molar-refractivity contribution in [1.29, 1.82) is 0 Å². The Morgan fingerprint density at radius 2 is 2.23 bits per heavy atom. The fraction of sp³-hybridized carbons (Fsp3) is 0.682. The van der Waals surface area contributed by atoms with Gasteiger partial charge < -0.3 is 15.8 Å². The van der Waals surface area contributed by atoms with E-state index in [2.05, 4.69) is 33.0 Å². The summed E-state index contributed by atoms with van der Waals surface area (Å²) in [6, 6.07) is 6.21. The van der Waals surface area contributed by atoms with Gasteiger partial charge in [0.05, 0.1) is 31.0 Å². The maximum absolute atomic E-state index is 12.6. The number of likely N-dealkylation sites (tertiary alicyclic amines) is 1. The summed E-state index contributed by atoms with van der Waals surface area (Å²) in [5.41, 5.74) is 7.76. The van der Waals surface area contributed by atoms with Crippen molar-refractivity contribution >= 4 is 17.5 Å². The minimum absolute atomic E-state index is 0.0227. The smallest absolute Gasteiger partial charge is 0.230 e. The predicted octanol–water partition coefficient (Wildman–Crippen LogP) is 1.22. The Labute approximate surface area is 184 Å². The number of hydrogen-bond donors (Lipinski definition) is 4. The van der Waals surface area contributed by atoms with Gasteiger partial charge in [-0.05, 0) is 49.9 Å². The van der Waals surface area contributed by atoms with Crippen LogP contribution in [0.25, 0.3) is 0 Å². The van der Waals surface area contributed by atoms with Crippen LogP contribution < -0.4 is 21.7 Å². The molecule has 166 valence electrons. The van der Waals surface area contributed by atoms with E-state index in [-0.39, 0.29) is 29.6 Å². The molecule has 0 saturated carbocycles. The summed E-state index contributed by atoms with van der Waals surface area (Å²) in [5, 5.41) is 11.3. The van der Waals surface area contributed by atoms with Gasteiger partial charge in [-0.3, -0.25) is 20.3 Å². The lowest BCUT2D eigenvalue weighted by Gasteiger charge is -2.44. The minimum Gasteiger partial charge on any atom is -0.379 e. The second-order valence-electron chi connectivity index (χ2n) is 9.37. The van der Waals surface area contributed by atoms with Crippen LogP contribution in [-0.2, 0) is 9.53 Å². The molecular weight excluding hydrogens is 402 g/mol. The van der Waals surface area contributed by atoms with Gasteiger partial charge in [0.25, 0.3) is 0 Å². The molecule has 0 aliphatic carbocycles. The zero-order valence-electron chi connectivity index (χ0n) is 17.9. The van der Waals surface area contributed by atoms with Crippen LogP contribution in [0.3, 0.4) is 0 Å². The fourth-order valence-corrected chi connectivity index (χ4v) is 4.81. The second-order valence-corrected chi connectivity index (χ2v) is 9.78. The molecule has 1 aromatic rings. The third-order valence-electron chi connectivity index (χ3n) is 6.86. The highest BCUT2D eigenvalue weighted by molar-refractivity contribution is 6.31. The number of rotatable bonds is 6. The van der Waals surface area contributed by atoms with Crippen molar-refractivity contribution in [3.63, 3.8) is 0 Å². The lowest BCUT2D eigenvalue weighted by Crippen LogP contribution is -2.63. The molecule has 3 saturated heterocycles. The summed E-state index contributed by atoms with van der Waals surface area (Å²) in [4.78, 5) is 15.1. The van der Waals surface area contributed by atoms with Crippen LogP contribution in [0.5, 0.6) is 0 Å². The van der Waals surface area contributed by atoms with Crippen molar-refractivity contribution in [2.75, 3.05) is 45.9 Å². The van der Waals surface area contributed by atoms with E-state index in [4.69, 9.17) is 22.1 Å². The monoisotopic (exact) mass is 435 g/mol. The van der Waals surface area contributed by atoms with Gasteiger partial charge in [-0.2, -0.15) is 0 Å². The Bertz CT molecular complexity index is 772. The molecule has 3 aliphatic heterocycles. The van der Waals surface area contributed by atoms with E-state index < -0.39 is 0 Å². The molecule has 0 spiro atoms. The average Bonchev–Trinajstić information content (AvgIpc) is 3.21. The first-order valence-corrected chi connectivity index (χ1v) is 11.3. The van der Waals surface area contributed by atoms with Gasteiger partial charge in [0.15, 0.2) is 0 Å². The van der Waals surface area contributed by atoms with Crippen LogP contribution >= 0.6 is 11.6 Å². The van der Waals surface area contributed by atoms with Crippen molar-refractivity contribution in [3.8, 4) is 0 Å². The van der Waals surface area contributed by atoms with Crippen LogP contribution in [0.4, 0.5) is 0 Å². The highest BCUT2D eigenvalue weighted by atomic mass is 35.5. The number of benzene rings is 1. The molecule has 4 rings (SSSR count). The largest absolute Gasteiger partial charge is 0.379 e. The van der Waals surface area contributed by atoms with E-state index >= 15 is 0 Å². The number of nitrogens with zero attached hydrogens (tertiary/aromatic N) is 1. The third-order valence-corrected chi connectivity index (χ3v) is 7.26. The lowest BCUT2D eigenvalue weighted by atomic mass is 9.87. The SMILES string of the molecule is Cc1ccc(C2NCC(CNC(=O)C3(C)COC3)C(N3CCC(CN)C3)N2)cc1Cl. The molecular formula is C22H34ClN5O2. The number of amides is 1. The molecule has 4 unspecified atom stereocenters. The first-order valence-electron chi connectivity index (χ1n) is 11.0. The number of carbonyl (C=O) groups is 1. The van der Waals surface area contributed by atoms with Crippen molar-refractivity contribution in [3.05, 3.63) is 34.3 Å². The highest BCUT2D eigenvalue weighted by Gasteiger charge is 2.42. The number of halogens is 1. The van der Waals surface area contributed by atoms with E-state index in [0.29, 0.717) is 25.7 Å². The van der Waals surface area contributed by atoms with E-state index in [0.717, 1.165) is 48.7 Å². The Morgan fingerprint density at radius 3 is 2.87 bits per heavy atom. The Hall–Kier alpha value is -1.22. The van der Waals surface area contributed by atoms with E-state index in [1.165, 1.54) is 0 Å². The first-order chi connectivity index (χ1) is 14.4. The predicted molar refractivity (Wildman–Crippen MR) is 118 cm³/mol. The van der Waals surface area contributed by atoms with Gasteiger partial charge in [0, 0.05) is 37.1 Å². The van der Waals surface area contributed by atoms with Crippen LogP contribution in [0, 0.1) is 24.2 Å². The molecule has 8 heteroatoms. The zero-order valence-corrected chi connectivity index (χ0v) is 18.7. The molecule has 7 nitrogen and oxygen atoms in total. The molecule has 3 aliphatic rings. The van der Waals surface area contributed by atoms with E-state index in [9.17, 15) is 4.79 Å². The number of aryl methyl sites for hydroxylation is 1. The van der Waals surface area contributed by atoms with E-state index in [1.54, 1.807) is 0 Å². The Kier molecular flexibility index (Phi) is 6.67. The number of nitrogens with two attached hydrogens (primary N) is 1. The van der Waals surface area contributed by atoms with Gasteiger partial charge in [-0.1, -0.05) is 23.7 Å². The van der Waals surface area contributed by atoms with Crippen LogP contribution in [0.1, 0.15) is 30.6 Å². The minimum atomic E-state index is -0.384. The summed E-state index contributed by atoms with van der Waals surface area (Å²) in [5.74, 6) is 0.878. The summed E-state index contributed by atoms with van der Waals surface area (Å²) >= 11 is 6.37. The number of carbonyl (C=O) groups excluding carboxylic acids is 1. The van der Waals surface area contributed by atoms with Crippen molar-refractivity contribution in [2.45, 2.75) is 32.6 Å². The topological polar surface area (TPSA) is 91.7 Å². The zero-order chi connectivity index (χ0) is 21.3. The Morgan fingerprint density at radius 1 is 1.43 bits per heavy atom. The molecule has 0 aromatic heterocycles. The molecule has 30 heavy (non-hydrogen) atoms. The molecule has 3 heterocycles. The van der Waals surface area contributed by atoms with Crippen molar-refractivity contribution in [2.24, 2.45) is 23.0 Å². The van der Waals surface area contributed by atoms with Crippen molar-refractivity contribution < 1.29 is 9.53 Å². The Balaban J connectivity index is 1.45. The molecule has 0 radical (unpaired) electrons. The summed E-state index contributed by atoms with van der Waals surface area (Å²) in [7, 11) is 0. The number of nitrogens with one attached hydrogen (secondary N) is 3. The second kappa shape index (κ2) is 9.10. The number of hydrogen-bond acceptors (Lipinski definition) is 6. The molecule has 5 N–H and O–H groups in total. The van der Waals surface area contributed by atoms with Crippen molar-refractivity contribution in [1.82, 2.24) is 20.9 Å². The fourth-order valence-electron chi connectivity index (χ4n) is 4.62. The molecule has 4 atom stereocenters. The van der Waals surface area contributed by atoms with Gasteiger partial charge in [0.2, 0.25) is 5.91 Å². The lowest BCUT2D eigenvalue weighted by molar-refractivity contribution is -0.157. The maximum atomic E-state index is 12.6.